The summed E-state index contributed by atoms with van der Waals surface area (Å²) >= 11 is 1.79. The molecule has 0 saturated heterocycles. The summed E-state index contributed by atoms with van der Waals surface area (Å²) in [7, 11) is -8.98. The van der Waals surface area contributed by atoms with Gasteiger partial charge in [0.2, 0.25) is 0 Å². The van der Waals surface area contributed by atoms with Gasteiger partial charge in [0.05, 0.1) is 0 Å². The van der Waals surface area contributed by atoms with Crippen molar-refractivity contribution in [3.05, 3.63) is 33.9 Å². The monoisotopic (exact) mass is 414 g/mol. The lowest BCUT2D eigenvalue weighted by Crippen LogP contribution is -2.03. The van der Waals surface area contributed by atoms with Gasteiger partial charge < -0.3 is 0 Å². The highest BCUT2D eigenvalue weighted by Gasteiger charge is 2.20. The first-order chi connectivity index (χ1) is 8.60. The van der Waals surface area contributed by atoms with E-state index in [4.69, 9.17) is 9.11 Å². The molecule has 0 aliphatic rings. The summed E-state index contributed by atoms with van der Waals surface area (Å²) < 4.78 is 63.8. The zero-order valence-electron chi connectivity index (χ0n) is 9.11. The Morgan fingerprint density at radius 3 is 1.95 bits per heavy atom. The van der Waals surface area contributed by atoms with Gasteiger partial charge in [-0.2, -0.15) is 16.8 Å². The third-order valence-corrected chi connectivity index (χ3v) is 4.87. The Morgan fingerprint density at radius 1 is 0.842 bits per heavy atom. The minimum atomic E-state index is -4.50. The maximum absolute atomic E-state index is 11.3. The van der Waals surface area contributed by atoms with Crippen LogP contribution in [0, 0.1) is 3.57 Å². The Kier molecular flexibility index (Phi) is 3.60. The third-order valence-electron chi connectivity index (χ3n) is 2.44. The van der Waals surface area contributed by atoms with Crippen LogP contribution < -0.4 is 0 Å². The first kappa shape index (κ1) is 14.7. The maximum Gasteiger partial charge on any atom is 0.295 e. The highest BCUT2D eigenvalue weighted by Crippen LogP contribution is 2.30. The number of halogens is 1. The Bertz CT molecular complexity index is 870. The fourth-order valence-electron chi connectivity index (χ4n) is 1.73. The highest BCUT2D eigenvalue weighted by molar-refractivity contribution is 14.1. The van der Waals surface area contributed by atoms with Crippen molar-refractivity contribution in [1.82, 2.24) is 0 Å². The standard InChI is InChI=1S/C10H7IO6S2/c11-6-4-8-7(10(5-6)19(15,16)17)2-1-3-9(8)18(12,13)14/h1-5H,(H,12,13,14)(H,15,16,17). The van der Waals surface area contributed by atoms with E-state index in [9.17, 15) is 16.8 Å². The normalized spacial score (nSPS) is 12.8. The number of fused-ring (bicyclic) bond motifs is 1. The Morgan fingerprint density at radius 2 is 1.42 bits per heavy atom. The van der Waals surface area contributed by atoms with Crippen LogP contribution in [0.4, 0.5) is 0 Å². The van der Waals surface area contributed by atoms with Gasteiger partial charge in [-0.1, -0.05) is 12.1 Å². The maximum atomic E-state index is 11.3. The van der Waals surface area contributed by atoms with Crippen molar-refractivity contribution >= 4 is 53.6 Å². The molecule has 0 atom stereocenters. The van der Waals surface area contributed by atoms with E-state index in [1.807, 2.05) is 0 Å². The van der Waals surface area contributed by atoms with E-state index in [1.54, 1.807) is 22.6 Å². The van der Waals surface area contributed by atoms with E-state index >= 15 is 0 Å². The molecule has 2 aromatic rings. The van der Waals surface area contributed by atoms with Gasteiger partial charge in [-0.3, -0.25) is 9.11 Å². The van der Waals surface area contributed by atoms with E-state index in [-0.39, 0.29) is 10.8 Å². The predicted octanol–water partition coefficient (Wildman–Crippen LogP) is 1.94. The van der Waals surface area contributed by atoms with Gasteiger partial charge in [-0.25, -0.2) is 0 Å². The molecule has 102 valence electrons. The average Bonchev–Trinajstić information content (AvgIpc) is 2.24. The second kappa shape index (κ2) is 4.66. The first-order valence-electron chi connectivity index (χ1n) is 4.78. The Balaban J connectivity index is 3.07. The summed E-state index contributed by atoms with van der Waals surface area (Å²) in [5.74, 6) is 0. The van der Waals surface area contributed by atoms with Crippen LogP contribution in [0.3, 0.4) is 0 Å². The van der Waals surface area contributed by atoms with Gasteiger partial charge >= 0.3 is 0 Å². The van der Waals surface area contributed by atoms with Crippen LogP contribution in [-0.2, 0) is 20.2 Å². The lowest BCUT2D eigenvalue weighted by Gasteiger charge is -2.08. The zero-order chi connectivity index (χ0) is 14.4. The number of rotatable bonds is 2. The van der Waals surface area contributed by atoms with Crippen LogP contribution in [0.1, 0.15) is 0 Å². The lowest BCUT2D eigenvalue weighted by molar-refractivity contribution is 0.481. The zero-order valence-corrected chi connectivity index (χ0v) is 12.9. The van der Waals surface area contributed by atoms with Crippen LogP contribution >= 0.6 is 22.6 Å². The van der Waals surface area contributed by atoms with E-state index in [0.29, 0.717) is 3.57 Å². The van der Waals surface area contributed by atoms with Crippen LogP contribution in [0.25, 0.3) is 10.8 Å². The van der Waals surface area contributed by atoms with Gasteiger partial charge in [0.25, 0.3) is 20.2 Å². The van der Waals surface area contributed by atoms with Gasteiger partial charge in [0.15, 0.2) is 0 Å². The average molecular weight is 414 g/mol. The lowest BCUT2D eigenvalue weighted by atomic mass is 10.1. The molecule has 0 spiro atoms. The van der Waals surface area contributed by atoms with Gasteiger partial charge in [0, 0.05) is 14.3 Å². The van der Waals surface area contributed by atoms with Crippen molar-refractivity contribution < 1.29 is 25.9 Å². The van der Waals surface area contributed by atoms with Crippen molar-refractivity contribution in [1.29, 1.82) is 0 Å². The molecule has 2 rings (SSSR count). The van der Waals surface area contributed by atoms with Crippen molar-refractivity contribution in [2.24, 2.45) is 0 Å². The number of benzene rings is 2. The van der Waals surface area contributed by atoms with Gasteiger partial charge in [-0.15, -0.1) is 0 Å². The molecule has 19 heavy (non-hydrogen) atoms. The van der Waals surface area contributed by atoms with Crippen LogP contribution in [-0.4, -0.2) is 25.9 Å². The molecule has 0 bridgehead atoms. The second-order valence-electron chi connectivity index (χ2n) is 3.71. The fraction of sp³-hybridized carbons (Fsp3) is 0. The molecule has 0 heterocycles. The van der Waals surface area contributed by atoms with Crippen LogP contribution in [0.2, 0.25) is 0 Å². The Hall–Kier alpha value is -0.750. The first-order valence-corrected chi connectivity index (χ1v) is 8.74. The molecule has 0 radical (unpaired) electrons. The summed E-state index contributed by atoms with van der Waals surface area (Å²) in [5.41, 5.74) is 0. The molecule has 0 saturated carbocycles. The van der Waals surface area contributed by atoms with Crippen LogP contribution in [0.15, 0.2) is 40.1 Å². The molecule has 0 unspecified atom stereocenters. The minimum absolute atomic E-state index is 0.0260. The van der Waals surface area contributed by atoms with Crippen molar-refractivity contribution in [3.8, 4) is 0 Å². The molecule has 0 fully saturated rings. The van der Waals surface area contributed by atoms with Crippen LogP contribution in [0.5, 0.6) is 0 Å². The molecule has 2 N–H and O–H groups in total. The SMILES string of the molecule is O=S(=O)(O)c1cc(I)cc2c(S(=O)(=O)O)cccc12. The number of hydrogen-bond acceptors (Lipinski definition) is 4. The number of hydrogen-bond donors (Lipinski definition) is 2. The van der Waals surface area contributed by atoms with Gasteiger partial charge in [-0.05, 0) is 40.8 Å². The molecular weight excluding hydrogens is 407 g/mol. The largest absolute Gasteiger partial charge is 0.295 e. The topological polar surface area (TPSA) is 109 Å². The summed E-state index contributed by atoms with van der Waals surface area (Å²) in [5, 5.41) is 0.0579. The van der Waals surface area contributed by atoms with E-state index in [2.05, 4.69) is 0 Å². The highest BCUT2D eigenvalue weighted by atomic mass is 127. The molecule has 0 aliphatic carbocycles. The predicted molar refractivity (Wildman–Crippen MR) is 76.3 cm³/mol. The minimum Gasteiger partial charge on any atom is -0.282 e. The summed E-state index contributed by atoms with van der Waals surface area (Å²) in [6.07, 6.45) is 0. The Labute approximate surface area is 123 Å². The summed E-state index contributed by atoms with van der Waals surface area (Å²) in [6.45, 7) is 0. The summed E-state index contributed by atoms with van der Waals surface area (Å²) in [4.78, 5) is -0.812. The molecule has 9 heteroatoms. The molecule has 0 aliphatic heterocycles. The molecule has 0 amide bonds. The summed E-state index contributed by atoms with van der Waals surface area (Å²) in [6, 6.07) is 6.41. The smallest absolute Gasteiger partial charge is 0.282 e. The molecule has 2 aromatic carbocycles. The molecular formula is C10H7IO6S2. The van der Waals surface area contributed by atoms with E-state index in [1.165, 1.54) is 24.3 Å². The van der Waals surface area contributed by atoms with Crippen molar-refractivity contribution in [2.45, 2.75) is 9.79 Å². The quantitative estimate of drug-likeness (QED) is 0.575. The van der Waals surface area contributed by atoms with Gasteiger partial charge in [0.1, 0.15) is 9.79 Å². The molecule has 6 nitrogen and oxygen atoms in total. The molecule has 0 aromatic heterocycles. The fourth-order valence-corrected chi connectivity index (χ4v) is 3.99. The van der Waals surface area contributed by atoms with E-state index < -0.39 is 30.0 Å². The van der Waals surface area contributed by atoms with E-state index in [0.717, 1.165) is 6.07 Å². The van der Waals surface area contributed by atoms with Crippen molar-refractivity contribution in [3.63, 3.8) is 0 Å². The third kappa shape index (κ3) is 2.89. The second-order valence-corrected chi connectivity index (χ2v) is 7.73. The van der Waals surface area contributed by atoms with Crippen molar-refractivity contribution in [2.75, 3.05) is 0 Å².